The first kappa shape index (κ1) is 43.1. The molecular formula is C43H49N6O10S+. The number of rotatable bonds is 14. The number of carbonyl (C=O) groups excluding carboxylic acids is 3. The van der Waals surface area contributed by atoms with Crippen LogP contribution in [0.3, 0.4) is 0 Å². The quantitative estimate of drug-likeness (QED) is 0.0398. The van der Waals surface area contributed by atoms with Crippen LogP contribution in [0.5, 0.6) is 5.75 Å². The van der Waals surface area contributed by atoms with Crippen LogP contribution in [0.15, 0.2) is 95.6 Å². The van der Waals surface area contributed by atoms with Gasteiger partial charge in [0.05, 0.1) is 18.4 Å². The molecule has 316 valence electrons. The number of fused-ring (bicyclic) bond motifs is 1. The fraction of sp³-hybridized carbons (Fsp3) is 0.372. The van der Waals surface area contributed by atoms with Crippen LogP contribution in [0, 0.1) is 5.92 Å². The lowest BCUT2D eigenvalue weighted by atomic mass is 10.0. The number of amides is 2. The van der Waals surface area contributed by atoms with Crippen molar-refractivity contribution in [2.75, 3.05) is 25.0 Å². The van der Waals surface area contributed by atoms with Crippen LogP contribution in [0.2, 0.25) is 0 Å². The second kappa shape index (κ2) is 18.2. The molecule has 0 spiro atoms. The van der Waals surface area contributed by atoms with Crippen molar-refractivity contribution in [3.8, 4) is 5.75 Å². The van der Waals surface area contributed by atoms with E-state index in [1.807, 2.05) is 111 Å². The number of benzene rings is 3. The number of thiazole rings is 1. The number of carbonyl (C=O) groups is 4. The summed E-state index contributed by atoms with van der Waals surface area (Å²) in [4.78, 5) is 62.8. The van der Waals surface area contributed by atoms with Gasteiger partial charge in [0.15, 0.2) is 17.8 Å². The maximum atomic E-state index is 14.1. The average molecular weight is 842 g/mol. The highest BCUT2D eigenvalue weighted by Gasteiger charge is 2.37. The number of aromatic nitrogens is 3. The molecule has 17 heteroatoms. The monoisotopic (exact) mass is 841 g/mol. The highest BCUT2D eigenvalue weighted by Crippen LogP contribution is 2.28. The first-order chi connectivity index (χ1) is 28.4. The molecule has 0 aliphatic carbocycles. The number of nitrogens with zero attached hydrogens (tertiary/aromatic N) is 5. The Kier molecular flexibility index (Phi) is 13.1. The molecule has 60 heavy (non-hydrogen) atoms. The molecular weight excluding hydrogens is 793 g/mol. The van der Waals surface area contributed by atoms with Crippen LogP contribution in [0.4, 0.5) is 14.7 Å². The third-order valence-corrected chi connectivity index (χ3v) is 9.76. The van der Waals surface area contributed by atoms with Crippen LogP contribution >= 0.6 is 11.3 Å². The molecule has 2 aromatic heterocycles. The molecule has 6 rings (SSSR count). The minimum atomic E-state index is -1.55. The zero-order valence-electron chi connectivity index (χ0n) is 34.5. The summed E-state index contributed by atoms with van der Waals surface area (Å²) in [5.41, 5.74) is 0.237. The molecule has 0 bridgehead atoms. The van der Waals surface area contributed by atoms with Gasteiger partial charge in [-0.3, -0.25) is 5.32 Å². The minimum absolute atomic E-state index is 0.0640. The van der Waals surface area contributed by atoms with Gasteiger partial charge in [-0.2, -0.15) is 4.68 Å². The van der Waals surface area contributed by atoms with E-state index in [0.29, 0.717) is 36.5 Å². The van der Waals surface area contributed by atoms with Gasteiger partial charge in [-0.1, -0.05) is 65.8 Å². The first-order valence-corrected chi connectivity index (χ1v) is 20.1. The van der Waals surface area contributed by atoms with E-state index in [2.05, 4.69) is 20.1 Å². The SMILES string of the molecule is Cn1c2ccc(OCC(O/N=C(\C(=O)O)c3csc(NC(=O)OC(C)(C)C)n3)C(=O)OC(c3ccccc3)c3ccccc3)cc2c[n+]1CC1CN(C(=O)OC(C)(C)C)C1. The van der Waals surface area contributed by atoms with Gasteiger partial charge in [-0.25, -0.2) is 24.2 Å². The predicted octanol–water partition coefficient (Wildman–Crippen LogP) is 6.72. The number of likely N-dealkylation sites (tertiary alicyclic amines) is 1. The highest BCUT2D eigenvalue weighted by molar-refractivity contribution is 7.14. The van der Waals surface area contributed by atoms with Gasteiger partial charge in [0.1, 0.15) is 34.8 Å². The molecule has 5 aromatic rings. The molecule has 2 N–H and O–H groups in total. The summed E-state index contributed by atoms with van der Waals surface area (Å²) in [5.74, 6) is -1.71. The molecule has 1 fully saturated rings. The van der Waals surface area contributed by atoms with E-state index in [4.69, 9.17) is 23.8 Å². The fourth-order valence-electron chi connectivity index (χ4n) is 6.24. The number of nitrogens with one attached hydrogen (secondary N) is 1. The second-order valence-corrected chi connectivity index (χ2v) is 17.1. The lowest BCUT2D eigenvalue weighted by molar-refractivity contribution is -0.777. The van der Waals surface area contributed by atoms with Crippen molar-refractivity contribution in [1.82, 2.24) is 14.6 Å². The number of ether oxygens (including phenoxy) is 4. The van der Waals surface area contributed by atoms with E-state index in [0.717, 1.165) is 22.2 Å². The Balaban J connectivity index is 1.21. The van der Waals surface area contributed by atoms with E-state index < -0.39 is 53.8 Å². The van der Waals surface area contributed by atoms with Crippen molar-refractivity contribution in [2.24, 2.45) is 18.1 Å². The molecule has 0 radical (unpaired) electrons. The summed E-state index contributed by atoms with van der Waals surface area (Å²) in [6, 6.07) is 23.8. The van der Waals surface area contributed by atoms with Crippen molar-refractivity contribution < 1.29 is 52.8 Å². The maximum Gasteiger partial charge on any atom is 0.413 e. The number of anilines is 1. The van der Waals surface area contributed by atoms with Gasteiger partial charge >= 0.3 is 24.1 Å². The van der Waals surface area contributed by atoms with Gasteiger partial charge < -0.3 is 33.8 Å². The predicted molar refractivity (Wildman–Crippen MR) is 222 cm³/mol. The normalized spacial score (nSPS) is 14.0. The number of hydrogen-bond donors (Lipinski definition) is 2. The summed E-state index contributed by atoms with van der Waals surface area (Å²) in [7, 11) is 1.94. The molecule has 3 heterocycles. The topological polar surface area (TPSA) is 184 Å². The molecule has 1 saturated heterocycles. The Bertz CT molecular complexity index is 2300. The van der Waals surface area contributed by atoms with Gasteiger partial charge in [0.25, 0.3) is 6.10 Å². The second-order valence-electron chi connectivity index (χ2n) is 16.2. The summed E-state index contributed by atoms with van der Waals surface area (Å²) in [5, 5.41) is 18.8. The van der Waals surface area contributed by atoms with E-state index in [-0.39, 0.29) is 22.8 Å². The van der Waals surface area contributed by atoms with Crippen molar-refractivity contribution >= 4 is 57.2 Å². The lowest BCUT2D eigenvalue weighted by Crippen LogP contribution is -2.57. The highest BCUT2D eigenvalue weighted by atomic mass is 32.1. The molecule has 3 aromatic carbocycles. The van der Waals surface area contributed by atoms with Crippen molar-refractivity contribution in [1.29, 1.82) is 0 Å². The van der Waals surface area contributed by atoms with Crippen molar-refractivity contribution in [3.63, 3.8) is 0 Å². The van der Waals surface area contributed by atoms with Crippen LogP contribution in [-0.4, -0.2) is 86.5 Å². The van der Waals surface area contributed by atoms with Crippen LogP contribution in [-0.2, 0) is 42.2 Å². The third-order valence-electron chi connectivity index (χ3n) is 9.01. The van der Waals surface area contributed by atoms with E-state index in [9.17, 15) is 24.3 Å². The lowest BCUT2D eigenvalue weighted by Gasteiger charge is -2.38. The molecule has 16 nitrogen and oxygen atoms in total. The Morgan fingerprint density at radius 3 is 2.17 bits per heavy atom. The summed E-state index contributed by atoms with van der Waals surface area (Å²) >= 11 is 0.952. The van der Waals surface area contributed by atoms with E-state index in [1.165, 1.54) is 5.38 Å². The number of carboxylic acid groups (broad SMARTS) is 1. The molecule has 1 unspecified atom stereocenters. The number of aryl methyl sites for hydroxylation is 1. The summed E-state index contributed by atoms with van der Waals surface area (Å²) in [6.45, 7) is 12.1. The fourth-order valence-corrected chi connectivity index (χ4v) is 6.92. The van der Waals surface area contributed by atoms with Crippen molar-refractivity contribution in [3.05, 3.63) is 107 Å². The number of aliphatic carboxylic acids is 1. The zero-order valence-corrected chi connectivity index (χ0v) is 35.3. The number of esters is 1. The Hall–Kier alpha value is -6.49. The van der Waals surface area contributed by atoms with Gasteiger partial charge in [0, 0.05) is 18.5 Å². The Morgan fingerprint density at radius 1 is 0.933 bits per heavy atom. The molecule has 1 atom stereocenters. The van der Waals surface area contributed by atoms with Crippen LogP contribution < -0.4 is 14.7 Å². The van der Waals surface area contributed by atoms with Crippen LogP contribution in [0.1, 0.15) is 64.5 Å². The zero-order chi connectivity index (χ0) is 43.2. The Morgan fingerprint density at radius 2 is 1.57 bits per heavy atom. The van der Waals surface area contributed by atoms with Crippen LogP contribution in [0.25, 0.3) is 10.9 Å². The van der Waals surface area contributed by atoms with Gasteiger partial charge in [-0.05, 0) is 70.9 Å². The molecule has 1 aliphatic rings. The standard InChI is InChI=1S/C43H48N6O10S/c1-42(2,3)57-40(53)45-39-44-32(26-60-39)35(37(50)51)46-59-34(38(52)56-36(28-14-10-8-11-15-28)29-16-12-9-13-17-29)25-55-31-18-19-33-30(20-31)24-49(47(33)7)23-27-21-48(22-27)41(54)58-43(4,5)6/h8-20,24,26-27,34,36H,21-23,25H2,1-7H3,(H-,44,45,50,51,53)/p+1/b46-35-. The van der Waals surface area contributed by atoms with E-state index in [1.54, 1.807) is 31.7 Å². The Labute approximate surface area is 351 Å². The average Bonchev–Trinajstić information content (AvgIpc) is 3.74. The largest absolute Gasteiger partial charge is 0.489 e. The molecule has 1 aliphatic heterocycles. The third kappa shape index (κ3) is 11.4. The summed E-state index contributed by atoms with van der Waals surface area (Å²) < 4.78 is 27.0. The maximum absolute atomic E-state index is 14.1. The smallest absolute Gasteiger partial charge is 0.413 e. The number of oxime groups is 1. The molecule has 2 amide bonds. The first-order valence-electron chi connectivity index (χ1n) is 19.3. The van der Waals surface area contributed by atoms with Crippen molar-refractivity contribution in [2.45, 2.75) is 71.5 Å². The minimum Gasteiger partial charge on any atom is -0.489 e. The molecule has 0 saturated carbocycles. The van der Waals surface area contributed by atoms with Gasteiger partial charge in [0.2, 0.25) is 11.9 Å². The number of carboxylic acids is 1. The number of hydrogen-bond acceptors (Lipinski definition) is 12. The van der Waals surface area contributed by atoms with Gasteiger partial charge in [-0.15, -0.1) is 16.0 Å². The summed E-state index contributed by atoms with van der Waals surface area (Å²) in [6.07, 6.45) is -1.49. The van der Waals surface area contributed by atoms with E-state index >= 15 is 0 Å².